The minimum absolute atomic E-state index is 0.535. The van der Waals surface area contributed by atoms with E-state index >= 15 is 0 Å². The summed E-state index contributed by atoms with van der Waals surface area (Å²) in [6, 6.07) is 57.2. The highest BCUT2D eigenvalue weighted by Gasteiger charge is 2.49. The summed E-state index contributed by atoms with van der Waals surface area (Å²) in [5, 5.41) is 2.52. The Balaban J connectivity index is 1.49. The molecule has 0 radical (unpaired) electrons. The highest BCUT2D eigenvalue weighted by molar-refractivity contribution is 5.98. The largest absolute Gasteiger partial charge is 0.316 e. The molecule has 2 heterocycles. The maximum atomic E-state index is 2.40. The quantitative estimate of drug-likeness (QED) is 0.207. The van der Waals surface area contributed by atoms with Crippen molar-refractivity contribution in [2.24, 2.45) is 0 Å². The van der Waals surface area contributed by atoms with Gasteiger partial charge in [-0.2, -0.15) is 0 Å². The minimum atomic E-state index is -0.535. The Morgan fingerprint density at radius 3 is 1.16 bits per heavy atom. The van der Waals surface area contributed by atoms with Gasteiger partial charge in [-0.25, -0.2) is 0 Å². The van der Waals surface area contributed by atoms with Crippen molar-refractivity contribution in [3.8, 4) is 22.5 Å². The van der Waals surface area contributed by atoms with Crippen molar-refractivity contribution in [1.82, 2.24) is 9.13 Å². The lowest BCUT2D eigenvalue weighted by Crippen LogP contribution is -2.28. The topological polar surface area (TPSA) is 9.86 Å². The first-order chi connectivity index (χ1) is 21.4. The monoisotopic (exact) mass is 548 g/mol. The van der Waals surface area contributed by atoms with Gasteiger partial charge in [0.2, 0.25) is 0 Å². The summed E-state index contributed by atoms with van der Waals surface area (Å²) in [4.78, 5) is 0. The van der Waals surface area contributed by atoms with Crippen LogP contribution in [0.5, 0.6) is 0 Å². The molecule has 1 aliphatic rings. The summed E-state index contributed by atoms with van der Waals surface area (Å²) in [7, 11) is 0. The number of aromatic nitrogens is 2. The minimum Gasteiger partial charge on any atom is -0.316 e. The summed E-state index contributed by atoms with van der Waals surface area (Å²) in [5.74, 6) is 0. The van der Waals surface area contributed by atoms with E-state index in [0.717, 1.165) is 11.4 Å². The summed E-state index contributed by atoms with van der Waals surface area (Å²) >= 11 is 0. The second-order valence-corrected chi connectivity index (χ2v) is 11.4. The molecule has 0 unspecified atom stereocenters. The van der Waals surface area contributed by atoms with Gasteiger partial charge in [-0.3, -0.25) is 0 Å². The average molecular weight is 549 g/mol. The molecular formula is C41H28N2. The maximum absolute atomic E-state index is 2.40. The Hall–Kier alpha value is -5.60. The Labute approximate surface area is 250 Å². The highest BCUT2D eigenvalue weighted by Crippen LogP contribution is 2.59. The molecule has 0 N–H and O–H groups in total. The van der Waals surface area contributed by atoms with Crippen molar-refractivity contribution in [2.45, 2.75) is 5.41 Å². The van der Waals surface area contributed by atoms with Gasteiger partial charge in [0.1, 0.15) is 0 Å². The zero-order valence-corrected chi connectivity index (χ0v) is 23.6. The van der Waals surface area contributed by atoms with Crippen LogP contribution in [0.15, 0.2) is 170 Å². The molecule has 2 aromatic heterocycles. The zero-order valence-electron chi connectivity index (χ0n) is 23.6. The molecule has 43 heavy (non-hydrogen) atoms. The first-order valence-corrected chi connectivity index (χ1v) is 14.9. The second kappa shape index (κ2) is 9.20. The van der Waals surface area contributed by atoms with Gasteiger partial charge < -0.3 is 9.13 Å². The molecule has 0 saturated heterocycles. The highest BCUT2D eigenvalue weighted by atomic mass is 15.0. The molecule has 0 atom stereocenters. The number of rotatable bonds is 4. The number of nitrogens with zero attached hydrogens (tertiary/aromatic N) is 2. The maximum Gasteiger partial charge on any atom is 0.0755 e. The first-order valence-electron chi connectivity index (χ1n) is 14.9. The number of hydrogen-bond acceptors (Lipinski definition) is 0. The molecule has 6 aromatic carbocycles. The lowest BCUT2D eigenvalue weighted by atomic mass is 9.67. The molecule has 2 heteroatoms. The molecular weight excluding hydrogens is 520 g/mol. The summed E-state index contributed by atoms with van der Waals surface area (Å²) in [5.41, 5.74) is 12.0. The fraction of sp³-hybridized carbons (Fsp3) is 0.0244. The molecule has 0 fully saturated rings. The molecule has 0 spiro atoms. The lowest BCUT2D eigenvalue weighted by molar-refractivity contribution is 0.777. The molecule has 0 bridgehead atoms. The Kier molecular flexibility index (Phi) is 5.15. The van der Waals surface area contributed by atoms with E-state index in [1.54, 1.807) is 0 Å². The van der Waals surface area contributed by atoms with Gasteiger partial charge in [0, 0.05) is 34.5 Å². The fourth-order valence-corrected chi connectivity index (χ4v) is 7.52. The molecule has 0 saturated carbocycles. The van der Waals surface area contributed by atoms with E-state index < -0.39 is 5.41 Å². The van der Waals surface area contributed by atoms with Gasteiger partial charge in [-0.15, -0.1) is 0 Å². The predicted molar refractivity (Wildman–Crippen MR) is 177 cm³/mol. The number of para-hydroxylation sites is 4. The van der Waals surface area contributed by atoms with Gasteiger partial charge in [0.15, 0.2) is 0 Å². The van der Waals surface area contributed by atoms with Crippen molar-refractivity contribution in [3.05, 3.63) is 192 Å². The van der Waals surface area contributed by atoms with E-state index in [-0.39, 0.29) is 0 Å². The Morgan fingerprint density at radius 1 is 0.326 bits per heavy atom. The van der Waals surface area contributed by atoms with Crippen LogP contribution in [-0.4, -0.2) is 9.13 Å². The third kappa shape index (κ3) is 3.29. The van der Waals surface area contributed by atoms with Crippen LogP contribution in [0.25, 0.3) is 44.3 Å². The fourth-order valence-electron chi connectivity index (χ4n) is 7.52. The van der Waals surface area contributed by atoms with Crippen LogP contribution in [0, 0.1) is 0 Å². The van der Waals surface area contributed by atoms with Gasteiger partial charge in [0.25, 0.3) is 0 Å². The van der Waals surface area contributed by atoms with E-state index in [4.69, 9.17) is 0 Å². The lowest BCUT2D eigenvalue weighted by Gasteiger charge is -2.32. The van der Waals surface area contributed by atoms with E-state index in [9.17, 15) is 0 Å². The van der Waals surface area contributed by atoms with Crippen LogP contribution < -0.4 is 0 Å². The van der Waals surface area contributed by atoms with Crippen LogP contribution in [0.1, 0.15) is 22.3 Å². The molecule has 202 valence electrons. The van der Waals surface area contributed by atoms with E-state index in [1.807, 2.05) is 0 Å². The van der Waals surface area contributed by atoms with E-state index in [2.05, 4.69) is 179 Å². The third-order valence-corrected chi connectivity index (χ3v) is 9.25. The summed E-state index contributed by atoms with van der Waals surface area (Å²) < 4.78 is 4.73. The SMILES string of the molecule is c1ccc(-n2cc(C3(c4cn(-c5ccccc5)c5ccccc45)c4ccccc4-c4ccccc43)c3ccccc32)cc1. The zero-order chi connectivity index (χ0) is 28.4. The Morgan fingerprint density at radius 2 is 0.698 bits per heavy atom. The van der Waals surface area contributed by atoms with Crippen LogP contribution in [-0.2, 0) is 5.41 Å². The first kappa shape index (κ1) is 24.0. The van der Waals surface area contributed by atoms with Gasteiger partial charge >= 0.3 is 0 Å². The van der Waals surface area contributed by atoms with Crippen molar-refractivity contribution in [2.75, 3.05) is 0 Å². The third-order valence-electron chi connectivity index (χ3n) is 9.25. The van der Waals surface area contributed by atoms with Crippen LogP contribution in [0.3, 0.4) is 0 Å². The van der Waals surface area contributed by atoms with Gasteiger partial charge in [0.05, 0.1) is 16.4 Å². The number of hydrogen-bond donors (Lipinski definition) is 0. The van der Waals surface area contributed by atoms with Crippen molar-refractivity contribution in [1.29, 1.82) is 0 Å². The molecule has 2 nitrogen and oxygen atoms in total. The summed E-state index contributed by atoms with van der Waals surface area (Å²) in [6.45, 7) is 0. The van der Waals surface area contributed by atoms with Crippen LogP contribution >= 0.6 is 0 Å². The summed E-state index contributed by atoms with van der Waals surface area (Å²) in [6.07, 6.45) is 4.79. The van der Waals surface area contributed by atoms with E-state index in [0.29, 0.717) is 0 Å². The molecule has 9 rings (SSSR count). The van der Waals surface area contributed by atoms with Crippen molar-refractivity contribution in [3.63, 3.8) is 0 Å². The average Bonchev–Trinajstić information content (AvgIpc) is 3.75. The second-order valence-electron chi connectivity index (χ2n) is 11.4. The molecule has 8 aromatic rings. The van der Waals surface area contributed by atoms with Gasteiger partial charge in [-0.1, -0.05) is 121 Å². The normalized spacial score (nSPS) is 13.3. The number of benzene rings is 6. The molecule has 1 aliphatic carbocycles. The van der Waals surface area contributed by atoms with E-state index in [1.165, 1.54) is 55.2 Å². The Bertz CT molecular complexity index is 2120. The smallest absolute Gasteiger partial charge is 0.0755 e. The van der Waals surface area contributed by atoms with Crippen LogP contribution in [0.2, 0.25) is 0 Å². The predicted octanol–water partition coefficient (Wildman–Crippen LogP) is 9.94. The van der Waals surface area contributed by atoms with Crippen molar-refractivity contribution < 1.29 is 0 Å². The van der Waals surface area contributed by atoms with Crippen LogP contribution in [0.4, 0.5) is 0 Å². The van der Waals surface area contributed by atoms with Crippen molar-refractivity contribution >= 4 is 21.8 Å². The number of fused-ring (bicyclic) bond motifs is 5. The van der Waals surface area contributed by atoms with Gasteiger partial charge in [-0.05, 0) is 69.8 Å². The molecule has 0 aliphatic heterocycles. The standard InChI is InChI=1S/C41H28N2/c1-3-15-29(16-4-1)42-27-37(33-21-9-13-25-39(33)42)41(35-23-11-7-19-31(35)32-20-8-12-24-36(32)41)38-28-43(30-17-5-2-6-18-30)40-26-14-10-22-34(38)40/h1-28H. The molecule has 0 amide bonds.